The molecular weight excluding hydrogens is 338 g/mol. The largest absolute Gasteiger partial charge is 0.496 e. The van der Waals surface area contributed by atoms with Gasteiger partial charge in [0.05, 0.1) is 7.11 Å². The van der Waals surface area contributed by atoms with Crippen molar-refractivity contribution in [1.29, 1.82) is 0 Å². The van der Waals surface area contributed by atoms with E-state index in [0.29, 0.717) is 6.01 Å². The smallest absolute Gasteiger partial charge is 0.321 e. The average Bonchev–Trinajstić information content (AvgIpc) is 2.63. The molecule has 0 bridgehead atoms. The molecule has 0 aliphatic rings. The quantitative estimate of drug-likeness (QED) is 0.693. The highest BCUT2D eigenvalue weighted by atomic mass is 35.5. The van der Waals surface area contributed by atoms with Crippen LogP contribution in [0.4, 0.5) is 0 Å². The van der Waals surface area contributed by atoms with Gasteiger partial charge in [0.1, 0.15) is 11.5 Å². The first-order chi connectivity index (χ1) is 11.8. The molecule has 0 aliphatic carbocycles. The number of nitrogens with one attached hydrogen (secondary N) is 1. The summed E-state index contributed by atoms with van der Waals surface area (Å²) in [4.78, 5) is 8.12. The molecule has 25 heavy (non-hydrogen) atoms. The lowest BCUT2D eigenvalue weighted by Crippen LogP contribution is -2.13. The number of ether oxygens (including phenoxy) is 2. The van der Waals surface area contributed by atoms with Gasteiger partial charge in [0.25, 0.3) is 0 Å². The highest BCUT2D eigenvalue weighted by Crippen LogP contribution is 2.19. The van der Waals surface area contributed by atoms with Gasteiger partial charge >= 0.3 is 6.01 Å². The Morgan fingerprint density at radius 2 is 1.72 bits per heavy atom. The molecule has 0 radical (unpaired) electrons. The first-order valence-corrected chi connectivity index (χ1v) is 7.71. The molecule has 0 aliphatic heterocycles. The van der Waals surface area contributed by atoms with E-state index in [1.54, 1.807) is 25.6 Å². The molecule has 0 atom stereocenters. The van der Waals surface area contributed by atoms with Crippen LogP contribution in [-0.4, -0.2) is 17.1 Å². The SMILES string of the molecule is COc1ccccc1CNCc1cccc(Oc2ncccn2)c1.Cl. The van der Waals surface area contributed by atoms with Crippen molar-refractivity contribution in [2.24, 2.45) is 0 Å². The molecule has 0 fully saturated rings. The molecule has 0 amide bonds. The zero-order valence-corrected chi connectivity index (χ0v) is 14.7. The second kappa shape index (κ2) is 9.61. The van der Waals surface area contributed by atoms with Crippen LogP contribution in [0.1, 0.15) is 11.1 Å². The lowest BCUT2D eigenvalue weighted by atomic mass is 10.2. The number of rotatable bonds is 7. The zero-order chi connectivity index (χ0) is 16.6. The van der Waals surface area contributed by atoms with Crippen molar-refractivity contribution in [1.82, 2.24) is 15.3 Å². The fraction of sp³-hybridized carbons (Fsp3) is 0.158. The van der Waals surface area contributed by atoms with Gasteiger partial charge in [-0.1, -0.05) is 30.3 Å². The summed E-state index contributed by atoms with van der Waals surface area (Å²) in [5, 5.41) is 3.42. The van der Waals surface area contributed by atoms with Crippen molar-refractivity contribution >= 4 is 12.4 Å². The molecule has 130 valence electrons. The zero-order valence-electron chi connectivity index (χ0n) is 13.9. The molecule has 6 heteroatoms. The van der Waals surface area contributed by atoms with Crippen molar-refractivity contribution in [3.05, 3.63) is 78.1 Å². The van der Waals surface area contributed by atoms with Gasteiger partial charge in [0.15, 0.2) is 0 Å². The minimum atomic E-state index is 0. The van der Waals surface area contributed by atoms with Gasteiger partial charge in [-0.15, -0.1) is 12.4 Å². The van der Waals surface area contributed by atoms with Crippen LogP contribution in [0.2, 0.25) is 0 Å². The highest BCUT2D eigenvalue weighted by molar-refractivity contribution is 5.85. The topological polar surface area (TPSA) is 56.3 Å². The van der Waals surface area contributed by atoms with Crippen LogP contribution in [0.15, 0.2) is 67.0 Å². The minimum absolute atomic E-state index is 0. The van der Waals surface area contributed by atoms with Gasteiger partial charge in [0, 0.05) is 31.0 Å². The third-order valence-corrected chi connectivity index (χ3v) is 3.49. The summed E-state index contributed by atoms with van der Waals surface area (Å²) in [5.41, 5.74) is 2.25. The molecule has 0 unspecified atom stereocenters. The van der Waals surface area contributed by atoms with Crippen LogP contribution in [-0.2, 0) is 13.1 Å². The molecule has 3 aromatic rings. The third kappa shape index (κ3) is 5.45. The van der Waals surface area contributed by atoms with Gasteiger partial charge < -0.3 is 14.8 Å². The number of benzene rings is 2. The van der Waals surface area contributed by atoms with Gasteiger partial charge in [-0.3, -0.25) is 0 Å². The average molecular weight is 358 g/mol. The Labute approximate surface area is 153 Å². The Morgan fingerprint density at radius 1 is 0.920 bits per heavy atom. The van der Waals surface area contributed by atoms with Crippen LogP contribution in [0, 0.1) is 0 Å². The van der Waals surface area contributed by atoms with Gasteiger partial charge in [-0.25, -0.2) is 9.97 Å². The number of hydrogen-bond acceptors (Lipinski definition) is 5. The molecule has 1 aromatic heterocycles. The normalized spacial score (nSPS) is 9.96. The fourth-order valence-electron chi connectivity index (χ4n) is 2.35. The van der Waals surface area contributed by atoms with Crippen LogP contribution in [0.5, 0.6) is 17.5 Å². The van der Waals surface area contributed by atoms with Crippen LogP contribution in [0.3, 0.4) is 0 Å². The van der Waals surface area contributed by atoms with E-state index in [-0.39, 0.29) is 12.4 Å². The molecule has 3 rings (SSSR count). The molecule has 2 aromatic carbocycles. The number of methoxy groups -OCH3 is 1. The predicted octanol–water partition coefficient (Wildman–Crippen LogP) is 3.99. The van der Waals surface area contributed by atoms with E-state index >= 15 is 0 Å². The van der Waals surface area contributed by atoms with Crippen molar-refractivity contribution in [3.8, 4) is 17.5 Å². The summed E-state index contributed by atoms with van der Waals surface area (Å²) < 4.78 is 11.0. The second-order valence-corrected chi connectivity index (χ2v) is 5.20. The highest BCUT2D eigenvalue weighted by Gasteiger charge is 2.03. The van der Waals surface area contributed by atoms with Crippen LogP contribution in [0.25, 0.3) is 0 Å². The molecule has 0 saturated heterocycles. The number of para-hydroxylation sites is 1. The molecule has 1 heterocycles. The maximum absolute atomic E-state index is 5.65. The Balaban J connectivity index is 0.00000225. The van der Waals surface area contributed by atoms with Gasteiger partial charge in [-0.05, 0) is 29.8 Å². The predicted molar refractivity (Wildman–Crippen MR) is 99.3 cm³/mol. The number of halogens is 1. The minimum Gasteiger partial charge on any atom is -0.496 e. The van der Waals surface area contributed by atoms with E-state index in [2.05, 4.69) is 21.4 Å². The molecule has 1 N–H and O–H groups in total. The lowest BCUT2D eigenvalue weighted by Gasteiger charge is -2.10. The standard InChI is InChI=1S/C19H19N3O2.ClH/c1-23-18-9-3-2-7-16(18)14-20-13-15-6-4-8-17(12-15)24-19-21-10-5-11-22-19;/h2-12,20H,13-14H2,1H3;1H. The van der Waals surface area contributed by atoms with Crippen LogP contribution < -0.4 is 14.8 Å². The van der Waals surface area contributed by atoms with E-state index in [9.17, 15) is 0 Å². The lowest BCUT2D eigenvalue weighted by molar-refractivity contribution is 0.407. The second-order valence-electron chi connectivity index (χ2n) is 5.20. The van der Waals surface area contributed by atoms with Gasteiger partial charge in [0.2, 0.25) is 0 Å². The number of hydrogen-bond donors (Lipinski definition) is 1. The third-order valence-electron chi connectivity index (χ3n) is 3.49. The molecule has 0 spiro atoms. The van der Waals surface area contributed by atoms with Crippen molar-refractivity contribution in [2.75, 3.05) is 7.11 Å². The Morgan fingerprint density at radius 3 is 2.52 bits per heavy atom. The summed E-state index contributed by atoms with van der Waals surface area (Å²) in [7, 11) is 1.69. The summed E-state index contributed by atoms with van der Waals surface area (Å²) in [6.07, 6.45) is 3.31. The van der Waals surface area contributed by atoms with Crippen molar-refractivity contribution in [3.63, 3.8) is 0 Å². The monoisotopic (exact) mass is 357 g/mol. The Kier molecular flexibility index (Phi) is 7.19. The first kappa shape index (κ1) is 18.7. The number of nitrogens with zero attached hydrogens (tertiary/aromatic N) is 2. The maximum atomic E-state index is 5.65. The maximum Gasteiger partial charge on any atom is 0.321 e. The Bertz CT molecular complexity index is 784. The van der Waals surface area contributed by atoms with E-state index in [1.165, 1.54) is 0 Å². The molecular formula is C19H20ClN3O2. The van der Waals surface area contributed by atoms with Crippen molar-refractivity contribution < 1.29 is 9.47 Å². The fourth-order valence-corrected chi connectivity index (χ4v) is 2.35. The van der Waals surface area contributed by atoms with Gasteiger partial charge in [-0.2, -0.15) is 0 Å². The van der Waals surface area contributed by atoms with Crippen LogP contribution >= 0.6 is 12.4 Å². The van der Waals surface area contributed by atoms with E-state index < -0.39 is 0 Å². The number of aromatic nitrogens is 2. The summed E-state index contributed by atoms with van der Waals surface area (Å²) in [6.45, 7) is 1.46. The van der Waals surface area contributed by atoms with E-state index in [4.69, 9.17) is 9.47 Å². The van der Waals surface area contributed by atoms with Crippen molar-refractivity contribution in [2.45, 2.75) is 13.1 Å². The first-order valence-electron chi connectivity index (χ1n) is 7.71. The summed E-state index contributed by atoms with van der Waals surface area (Å²) in [5.74, 6) is 1.61. The summed E-state index contributed by atoms with van der Waals surface area (Å²) >= 11 is 0. The van der Waals surface area contributed by atoms with E-state index in [1.807, 2.05) is 42.5 Å². The molecule has 5 nitrogen and oxygen atoms in total. The van der Waals surface area contributed by atoms with E-state index in [0.717, 1.165) is 35.7 Å². The molecule has 0 saturated carbocycles. The Hall–Kier alpha value is -2.63. The summed E-state index contributed by atoms with van der Waals surface area (Å²) in [6, 6.07) is 18.0.